The molecule has 0 aliphatic heterocycles. The summed E-state index contributed by atoms with van der Waals surface area (Å²) in [6.07, 6.45) is 0. The summed E-state index contributed by atoms with van der Waals surface area (Å²) in [6.45, 7) is -3.67. The van der Waals surface area contributed by atoms with E-state index in [1.165, 1.54) is 0 Å². The molecule has 0 spiro atoms. The van der Waals surface area contributed by atoms with Gasteiger partial charge in [-0.15, -0.1) is 0 Å². The van der Waals surface area contributed by atoms with E-state index < -0.39 is 17.1 Å². The molecule has 0 aromatic rings. The average molecular weight is 276 g/mol. The van der Waals surface area contributed by atoms with E-state index in [2.05, 4.69) is 0 Å². The zero-order valence-corrected chi connectivity index (χ0v) is 6.43. The largest absolute Gasteiger partial charge is 0.394 e. The molecule has 0 fully saturated rings. The predicted molar refractivity (Wildman–Crippen MR) is 21.3 cm³/mol. The van der Waals surface area contributed by atoms with Crippen molar-refractivity contribution >= 4 is 10.4 Å². The van der Waals surface area contributed by atoms with Gasteiger partial charge in [-0.1, -0.05) is 0 Å². The third-order valence-corrected chi connectivity index (χ3v) is 0. The van der Waals surface area contributed by atoms with Gasteiger partial charge in [0, 0.05) is 22.4 Å². The van der Waals surface area contributed by atoms with Crippen molar-refractivity contribution in [1.29, 1.82) is 0 Å². The smallest absolute Gasteiger partial charge is 0.264 e. The summed E-state index contributed by atoms with van der Waals surface area (Å²) in [7, 11) is -4.67. The SMILES string of the molecule is FC(F)F.O=S(=O)(O)O.[Ag]. The molecule has 69 valence electrons. The topological polar surface area (TPSA) is 74.6 Å². The summed E-state index contributed by atoms with van der Waals surface area (Å²) >= 11 is 0. The molecule has 10 heavy (non-hydrogen) atoms. The fraction of sp³-hybridized carbons (Fsp3) is 1.00. The minimum atomic E-state index is -4.67. The van der Waals surface area contributed by atoms with Gasteiger partial charge in [-0.25, -0.2) is 0 Å². The second kappa shape index (κ2) is 7.51. The molecule has 0 atom stereocenters. The van der Waals surface area contributed by atoms with Crippen LogP contribution in [0.15, 0.2) is 0 Å². The van der Waals surface area contributed by atoms with Gasteiger partial charge in [0.1, 0.15) is 0 Å². The Labute approximate surface area is 70.5 Å². The molecule has 0 saturated heterocycles. The van der Waals surface area contributed by atoms with Crippen molar-refractivity contribution in [2.75, 3.05) is 0 Å². The number of halogens is 3. The summed E-state index contributed by atoms with van der Waals surface area (Å²) in [4.78, 5) is 0. The molecular weight excluding hydrogens is 273 g/mol. The molecule has 0 unspecified atom stereocenters. The number of hydrogen-bond acceptors (Lipinski definition) is 2. The Bertz CT molecular complexity index is 132. The van der Waals surface area contributed by atoms with Gasteiger partial charge in [0.25, 0.3) is 0 Å². The van der Waals surface area contributed by atoms with Gasteiger partial charge in [-0.2, -0.15) is 21.6 Å². The van der Waals surface area contributed by atoms with Crippen LogP contribution < -0.4 is 0 Å². The van der Waals surface area contributed by atoms with Gasteiger partial charge in [0.2, 0.25) is 0 Å². The molecule has 1 radical (unpaired) electrons. The Morgan fingerprint density at radius 2 is 1.10 bits per heavy atom. The summed E-state index contributed by atoms with van der Waals surface area (Å²) in [5, 5.41) is 0. The van der Waals surface area contributed by atoms with Crippen LogP contribution in [0, 0.1) is 0 Å². The van der Waals surface area contributed by atoms with Crippen molar-refractivity contribution in [2.24, 2.45) is 0 Å². The molecule has 0 heterocycles. The molecule has 0 aliphatic rings. The molecule has 0 bridgehead atoms. The zero-order chi connectivity index (χ0) is 8.08. The Hall–Kier alpha value is 0.400. The van der Waals surface area contributed by atoms with Gasteiger partial charge in [-0.3, -0.25) is 9.11 Å². The standard InChI is InChI=1S/CHF3.Ag.H2O4S/c2-1(3)4;;1-5(2,3)4/h1H;;(H2,1,2,3,4). The van der Waals surface area contributed by atoms with E-state index in [1.807, 2.05) is 0 Å². The van der Waals surface area contributed by atoms with Crippen molar-refractivity contribution in [3.63, 3.8) is 0 Å². The van der Waals surface area contributed by atoms with E-state index in [9.17, 15) is 13.2 Å². The summed E-state index contributed by atoms with van der Waals surface area (Å²) in [5.74, 6) is 0. The van der Waals surface area contributed by atoms with Crippen molar-refractivity contribution in [1.82, 2.24) is 0 Å². The molecule has 4 nitrogen and oxygen atoms in total. The van der Waals surface area contributed by atoms with Crippen molar-refractivity contribution in [2.45, 2.75) is 6.68 Å². The molecule has 0 rings (SSSR count). The Morgan fingerprint density at radius 1 is 1.10 bits per heavy atom. The van der Waals surface area contributed by atoms with Crippen LogP contribution >= 0.6 is 0 Å². The fourth-order valence-corrected chi connectivity index (χ4v) is 0. The molecule has 0 amide bonds. The van der Waals surface area contributed by atoms with Gasteiger partial charge in [0.05, 0.1) is 0 Å². The molecule has 0 aromatic heterocycles. The van der Waals surface area contributed by atoms with Crippen LogP contribution in [0.25, 0.3) is 0 Å². The van der Waals surface area contributed by atoms with Crippen LogP contribution in [-0.4, -0.2) is 24.2 Å². The van der Waals surface area contributed by atoms with Gasteiger partial charge in [0.15, 0.2) is 0 Å². The van der Waals surface area contributed by atoms with E-state index in [4.69, 9.17) is 17.5 Å². The van der Waals surface area contributed by atoms with E-state index in [-0.39, 0.29) is 22.4 Å². The van der Waals surface area contributed by atoms with Crippen molar-refractivity contribution < 1.29 is 53.1 Å². The number of hydrogen-bond donors (Lipinski definition) is 2. The first-order chi connectivity index (χ1) is 3.73. The molecule has 0 aliphatic carbocycles. The summed E-state index contributed by atoms with van der Waals surface area (Å²) in [6, 6.07) is 0. The first-order valence-electron chi connectivity index (χ1n) is 1.35. The van der Waals surface area contributed by atoms with Crippen LogP contribution in [0.4, 0.5) is 13.2 Å². The minimum Gasteiger partial charge on any atom is -0.264 e. The fourth-order valence-electron chi connectivity index (χ4n) is 0. The monoisotopic (exact) mass is 275 g/mol. The van der Waals surface area contributed by atoms with Crippen LogP contribution in [0.2, 0.25) is 0 Å². The zero-order valence-electron chi connectivity index (χ0n) is 4.13. The number of alkyl halides is 3. The third-order valence-electron chi connectivity index (χ3n) is 0. The molecule has 9 heteroatoms. The molecule has 0 saturated carbocycles. The van der Waals surface area contributed by atoms with E-state index in [1.54, 1.807) is 0 Å². The first-order valence-corrected chi connectivity index (χ1v) is 2.75. The van der Waals surface area contributed by atoms with Crippen molar-refractivity contribution in [3.05, 3.63) is 0 Å². The second-order valence-electron chi connectivity index (χ2n) is 0.695. The first kappa shape index (κ1) is 16.8. The predicted octanol–water partition coefficient (Wildman–Crippen LogP) is 0.523. The Kier molecular flexibility index (Phi) is 12.6. The molecular formula is CH3AgF3O4S. The maximum absolute atomic E-state index is 9.67. The van der Waals surface area contributed by atoms with Gasteiger partial charge >= 0.3 is 17.1 Å². The average Bonchev–Trinajstić information content (AvgIpc) is 1.19. The van der Waals surface area contributed by atoms with E-state index >= 15 is 0 Å². The second-order valence-corrected chi connectivity index (χ2v) is 1.59. The van der Waals surface area contributed by atoms with Crippen molar-refractivity contribution in [3.8, 4) is 0 Å². The Morgan fingerprint density at radius 3 is 1.10 bits per heavy atom. The van der Waals surface area contributed by atoms with Crippen LogP contribution in [0.3, 0.4) is 0 Å². The van der Waals surface area contributed by atoms with E-state index in [0.717, 1.165) is 0 Å². The van der Waals surface area contributed by atoms with Gasteiger partial charge in [-0.05, 0) is 0 Å². The minimum absolute atomic E-state index is 0. The normalized spacial score (nSPS) is 9.40. The molecule has 0 aromatic carbocycles. The van der Waals surface area contributed by atoms with Crippen LogP contribution in [-0.2, 0) is 32.8 Å². The maximum Gasteiger partial charge on any atom is 0.394 e. The third kappa shape index (κ3) is 2870. The maximum atomic E-state index is 9.67. The molecule has 2 N–H and O–H groups in total. The summed E-state index contributed by atoms with van der Waals surface area (Å²) in [5.41, 5.74) is 0. The summed E-state index contributed by atoms with van der Waals surface area (Å²) < 4.78 is 60.6. The number of rotatable bonds is 0. The van der Waals surface area contributed by atoms with Gasteiger partial charge < -0.3 is 0 Å². The van der Waals surface area contributed by atoms with Crippen LogP contribution in [0.5, 0.6) is 0 Å². The van der Waals surface area contributed by atoms with E-state index in [0.29, 0.717) is 0 Å². The quantitative estimate of drug-likeness (QED) is 0.499. The van der Waals surface area contributed by atoms with Crippen LogP contribution in [0.1, 0.15) is 0 Å². The Balaban J connectivity index is -0.0000000910.